The van der Waals surface area contributed by atoms with Gasteiger partial charge in [-0.15, -0.1) is 0 Å². The lowest BCUT2D eigenvalue weighted by atomic mass is 10.1. The van der Waals surface area contributed by atoms with Crippen molar-refractivity contribution >= 4 is 23.3 Å². The number of nitro groups is 1. The van der Waals surface area contributed by atoms with Crippen LogP contribution >= 0.6 is 0 Å². The van der Waals surface area contributed by atoms with Crippen LogP contribution in [0.5, 0.6) is 0 Å². The fourth-order valence-corrected chi connectivity index (χ4v) is 1.63. The van der Waals surface area contributed by atoms with Crippen LogP contribution in [0.2, 0.25) is 0 Å². The van der Waals surface area contributed by atoms with E-state index in [4.69, 9.17) is 0 Å². The zero-order valence-corrected chi connectivity index (χ0v) is 12.3. The number of nitrogens with zero attached hydrogens (tertiary/aromatic N) is 3. The maximum atomic E-state index is 11.7. The van der Waals surface area contributed by atoms with E-state index >= 15 is 0 Å². The molecule has 0 aliphatic carbocycles. The summed E-state index contributed by atoms with van der Waals surface area (Å²) in [6, 6.07) is 4.04. The number of amides is 1. The van der Waals surface area contributed by atoms with Crippen LogP contribution in [0, 0.1) is 10.1 Å². The maximum absolute atomic E-state index is 11.7. The number of carbonyl (C=O) groups excluding carboxylic acids is 2. The summed E-state index contributed by atoms with van der Waals surface area (Å²) in [4.78, 5) is 36.6. The number of nitro benzene ring substituents is 1. The average molecular weight is 295 g/mol. The smallest absolute Gasteiger partial charge is 0.344 e. The molecule has 0 aliphatic rings. The number of benzene rings is 1. The minimum absolute atomic E-state index is 0.0887. The Morgan fingerprint density at radius 1 is 1.29 bits per heavy atom. The molecule has 1 rings (SSSR count). The van der Waals surface area contributed by atoms with Gasteiger partial charge in [-0.25, -0.2) is 4.79 Å². The van der Waals surface area contributed by atoms with E-state index in [-0.39, 0.29) is 23.7 Å². The maximum Gasteiger partial charge on any atom is 0.344 e. The third kappa shape index (κ3) is 3.91. The highest BCUT2D eigenvalue weighted by Crippen LogP contribution is 2.25. The van der Waals surface area contributed by atoms with Gasteiger partial charge < -0.3 is 14.5 Å². The van der Waals surface area contributed by atoms with Gasteiger partial charge in [0.15, 0.2) is 0 Å². The van der Waals surface area contributed by atoms with Gasteiger partial charge in [-0.05, 0) is 12.1 Å². The van der Waals surface area contributed by atoms with Gasteiger partial charge in [0.1, 0.15) is 5.56 Å². The lowest BCUT2D eigenvalue weighted by Crippen LogP contribution is -2.34. The Balaban J connectivity index is 3.13. The van der Waals surface area contributed by atoms with E-state index in [1.165, 1.54) is 23.1 Å². The Labute approximate surface area is 122 Å². The summed E-state index contributed by atoms with van der Waals surface area (Å²) in [5.74, 6) is -0.925. The molecule has 0 saturated heterocycles. The molecule has 1 aromatic rings. The minimum Gasteiger partial charge on any atom is -0.465 e. The van der Waals surface area contributed by atoms with E-state index in [1.807, 2.05) is 0 Å². The Hall–Kier alpha value is -2.64. The quantitative estimate of drug-likeness (QED) is 0.455. The van der Waals surface area contributed by atoms with Crippen molar-refractivity contribution in [3.05, 3.63) is 33.9 Å². The van der Waals surface area contributed by atoms with Crippen molar-refractivity contribution < 1.29 is 19.2 Å². The Kier molecular flexibility index (Phi) is 5.23. The SMILES string of the molecule is COC(=O)c1cc(N(C)CC(=O)N(C)C)ccc1[N+](=O)[O-]. The number of likely N-dealkylation sites (N-methyl/N-ethyl adjacent to an activating group) is 2. The first kappa shape index (κ1) is 16.4. The van der Waals surface area contributed by atoms with Gasteiger partial charge in [0.25, 0.3) is 5.69 Å². The fourth-order valence-electron chi connectivity index (χ4n) is 1.63. The number of anilines is 1. The van der Waals surface area contributed by atoms with E-state index in [1.54, 1.807) is 26.0 Å². The molecule has 0 fully saturated rings. The highest BCUT2D eigenvalue weighted by atomic mass is 16.6. The first-order chi connectivity index (χ1) is 9.77. The van der Waals surface area contributed by atoms with Gasteiger partial charge >= 0.3 is 5.97 Å². The molecule has 0 bridgehead atoms. The summed E-state index contributed by atoms with van der Waals surface area (Å²) in [6.45, 7) is 0.0887. The molecule has 8 heteroatoms. The predicted octanol–water partition coefficient (Wildman–Crippen LogP) is 0.906. The summed E-state index contributed by atoms with van der Waals surface area (Å²) >= 11 is 0. The number of rotatable bonds is 5. The van der Waals surface area contributed by atoms with Crippen LogP contribution in [0.1, 0.15) is 10.4 Å². The van der Waals surface area contributed by atoms with Crippen molar-refractivity contribution in [1.82, 2.24) is 4.90 Å². The van der Waals surface area contributed by atoms with E-state index in [9.17, 15) is 19.7 Å². The monoisotopic (exact) mass is 295 g/mol. The molecule has 114 valence electrons. The number of methoxy groups -OCH3 is 1. The van der Waals surface area contributed by atoms with Crippen molar-refractivity contribution in [2.45, 2.75) is 0 Å². The molecule has 0 atom stereocenters. The van der Waals surface area contributed by atoms with Crippen LogP contribution < -0.4 is 4.90 Å². The Bertz CT molecular complexity index is 571. The molecule has 0 spiro atoms. The lowest BCUT2D eigenvalue weighted by Gasteiger charge is -2.21. The van der Waals surface area contributed by atoms with Gasteiger partial charge in [0, 0.05) is 32.9 Å². The van der Waals surface area contributed by atoms with Gasteiger partial charge in [-0.2, -0.15) is 0 Å². The van der Waals surface area contributed by atoms with E-state index in [0.717, 1.165) is 7.11 Å². The second-order valence-corrected chi connectivity index (χ2v) is 4.59. The van der Waals surface area contributed by atoms with Gasteiger partial charge in [-0.3, -0.25) is 14.9 Å². The van der Waals surface area contributed by atoms with E-state index in [2.05, 4.69) is 4.74 Å². The summed E-state index contributed by atoms with van der Waals surface area (Å²) < 4.78 is 4.54. The van der Waals surface area contributed by atoms with E-state index in [0.29, 0.717) is 5.69 Å². The Morgan fingerprint density at radius 3 is 2.38 bits per heavy atom. The van der Waals surface area contributed by atoms with Gasteiger partial charge in [0.2, 0.25) is 5.91 Å². The van der Waals surface area contributed by atoms with E-state index < -0.39 is 10.9 Å². The normalized spacial score (nSPS) is 9.90. The summed E-state index contributed by atoms with van der Waals surface area (Å²) in [5.41, 5.74) is 0.0262. The molecular weight excluding hydrogens is 278 g/mol. The summed E-state index contributed by atoms with van der Waals surface area (Å²) in [6.07, 6.45) is 0. The van der Waals surface area contributed by atoms with Crippen molar-refractivity contribution in [3.63, 3.8) is 0 Å². The third-order valence-electron chi connectivity index (χ3n) is 2.89. The third-order valence-corrected chi connectivity index (χ3v) is 2.89. The molecule has 0 radical (unpaired) electrons. The fraction of sp³-hybridized carbons (Fsp3) is 0.385. The first-order valence-corrected chi connectivity index (χ1v) is 6.06. The molecule has 0 heterocycles. The molecule has 0 aliphatic heterocycles. The first-order valence-electron chi connectivity index (χ1n) is 6.06. The number of ether oxygens (including phenoxy) is 1. The van der Waals surface area contributed by atoms with Crippen molar-refractivity contribution in [3.8, 4) is 0 Å². The molecule has 0 unspecified atom stereocenters. The molecule has 1 aromatic carbocycles. The van der Waals surface area contributed by atoms with Crippen LogP contribution in [0.3, 0.4) is 0 Å². The van der Waals surface area contributed by atoms with Gasteiger partial charge in [-0.1, -0.05) is 0 Å². The number of carbonyl (C=O) groups is 2. The number of hydrogen-bond acceptors (Lipinski definition) is 6. The summed E-state index contributed by atoms with van der Waals surface area (Å²) in [7, 11) is 6.07. The average Bonchev–Trinajstić information content (AvgIpc) is 2.45. The lowest BCUT2D eigenvalue weighted by molar-refractivity contribution is -0.385. The molecule has 0 N–H and O–H groups in total. The highest BCUT2D eigenvalue weighted by Gasteiger charge is 2.22. The number of hydrogen-bond donors (Lipinski definition) is 0. The molecule has 21 heavy (non-hydrogen) atoms. The molecular formula is C13H17N3O5. The second kappa shape index (κ2) is 6.69. The van der Waals surface area contributed by atoms with Crippen molar-refractivity contribution in [1.29, 1.82) is 0 Å². The van der Waals surface area contributed by atoms with Crippen LogP contribution in [0.25, 0.3) is 0 Å². The number of esters is 1. The van der Waals surface area contributed by atoms with Gasteiger partial charge in [0.05, 0.1) is 18.6 Å². The molecule has 8 nitrogen and oxygen atoms in total. The zero-order chi connectivity index (χ0) is 16.2. The topological polar surface area (TPSA) is 93.0 Å². The molecule has 0 aromatic heterocycles. The van der Waals surface area contributed by atoms with Crippen LogP contribution in [-0.4, -0.2) is 56.5 Å². The largest absolute Gasteiger partial charge is 0.465 e. The molecule has 1 amide bonds. The second-order valence-electron chi connectivity index (χ2n) is 4.59. The van der Waals surface area contributed by atoms with Crippen LogP contribution in [0.15, 0.2) is 18.2 Å². The van der Waals surface area contributed by atoms with Crippen LogP contribution in [-0.2, 0) is 9.53 Å². The van der Waals surface area contributed by atoms with Crippen LogP contribution in [0.4, 0.5) is 11.4 Å². The van der Waals surface area contributed by atoms with Crippen molar-refractivity contribution in [2.24, 2.45) is 0 Å². The Morgan fingerprint density at radius 2 is 1.90 bits per heavy atom. The molecule has 0 saturated carbocycles. The predicted molar refractivity (Wildman–Crippen MR) is 76.4 cm³/mol. The van der Waals surface area contributed by atoms with Crippen molar-refractivity contribution in [2.75, 3.05) is 39.7 Å². The minimum atomic E-state index is -0.795. The highest BCUT2D eigenvalue weighted by molar-refractivity contribution is 5.95. The summed E-state index contributed by atoms with van der Waals surface area (Å²) in [5, 5.41) is 10.9. The zero-order valence-electron chi connectivity index (χ0n) is 12.3. The standard InChI is InChI=1S/C13H17N3O5/c1-14(2)12(17)8-15(3)9-5-6-11(16(19)20)10(7-9)13(18)21-4/h5-7H,8H2,1-4H3.